The standard InChI is InChI=1S/C21H16F5NO5/c22-17-13(18(23)20(25)21(26)19(17)24)2-4-16(28)27-5-6-29-12(8-27)9-30-11-1-3-14-15(7-11)32-10-31-14/h1-4,7,12H,5-6,8-10H2/b4-2+. The number of carbonyl (C=O) groups excluding carboxylic acids is 1. The zero-order valence-corrected chi connectivity index (χ0v) is 16.4. The average Bonchev–Trinajstić information content (AvgIpc) is 3.28. The van der Waals surface area contributed by atoms with E-state index in [9.17, 15) is 26.7 Å². The van der Waals surface area contributed by atoms with Gasteiger partial charge in [-0.05, 0) is 18.2 Å². The monoisotopic (exact) mass is 457 g/mol. The van der Waals surface area contributed by atoms with E-state index in [1.165, 1.54) is 4.90 Å². The summed E-state index contributed by atoms with van der Waals surface area (Å²) in [5.41, 5.74) is -1.19. The molecular weight excluding hydrogens is 441 g/mol. The number of halogens is 5. The van der Waals surface area contributed by atoms with E-state index in [2.05, 4.69) is 0 Å². The van der Waals surface area contributed by atoms with Crippen molar-refractivity contribution in [3.05, 3.63) is 58.9 Å². The van der Waals surface area contributed by atoms with Gasteiger partial charge in [0.1, 0.15) is 18.5 Å². The molecule has 11 heteroatoms. The number of benzene rings is 2. The first-order valence-electron chi connectivity index (χ1n) is 9.47. The van der Waals surface area contributed by atoms with Crippen molar-refractivity contribution in [1.29, 1.82) is 0 Å². The van der Waals surface area contributed by atoms with Crippen molar-refractivity contribution in [1.82, 2.24) is 4.90 Å². The number of amides is 1. The lowest BCUT2D eigenvalue weighted by Gasteiger charge is -2.32. The zero-order chi connectivity index (χ0) is 22.8. The van der Waals surface area contributed by atoms with Crippen molar-refractivity contribution in [3.63, 3.8) is 0 Å². The summed E-state index contributed by atoms with van der Waals surface area (Å²) < 4.78 is 88.9. The molecule has 6 nitrogen and oxygen atoms in total. The Labute approximate surface area is 178 Å². The first kappa shape index (κ1) is 21.9. The zero-order valence-electron chi connectivity index (χ0n) is 16.4. The molecule has 1 unspecified atom stereocenters. The first-order valence-corrected chi connectivity index (χ1v) is 9.47. The molecule has 1 saturated heterocycles. The molecule has 1 fully saturated rings. The molecule has 0 spiro atoms. The maximum absolute atomic E-state index is 13.8. The van der Waals surface area contributed by atoms with Gasteiger partial charge in [-0.2, -0.15) is 0 Å². The van der Waals surface area contributed by atoms with E-state index < -0.39 is 46.7 Å². The van der Waals surface area contributed by atoms with Crippen LogP contribution in [0.5, 0.6) is 17.2 Å². The normalized spacial score (nSPS) is 17.8. The summed E-state index contributed by atoms with van der Waals surface area (Å²) >= 11 is 0. The van der Waals surface area contributed by atoms with Crippen molar-refractivity contribution >= 4 is 12.0 Å². The van der Waals surface area contributed by atoms with Crippen LogP contribution < -0.4 is 14.2 Å². The number of hydrogen-bond donors (Lipinski definition) is 0. The molecule has 2 heterocycles. The minimum atomic E-state index is -2.26. The van der Waals surface area contributed by atoms with Crippen LogP contribution in [0, 0.1) is 29.1 Å². The molecule has 2 aromatic rings. The molecule has 2 aliphatic rings. The van der Waals surface area contributed by atoms with Crippen molar-refractivity contribution in [2.75, 3.05) is 33.1 Å². The SMILES string of the molecule is O=C(/C=C/c1c(F)c(F)c(F)c(F)c1F)N1CCOC(COc2ccc3c(c2)OCO3)C1. The van der Waals surface area contributed by atoms with E-state index in [0.717, 1.165) is 6.08 Å². The van der Waals surface area contributed by atoms with Crippen molar-refractivity contribution in [2.45, 2.75) is 6.10 Å². The highest BCUT2D eigenvalue weighted by Gasteiger charge is 2.26. The van der Waals surface area contributed by atoms with Crippen molar-refractivity contribution < 1.29 is 45.7 Å². The second-order valence-corrected chi connectivity index (χ2v) is 6.92. The summed E-state index contributed by atoms with van der Waals surface area (Å²) in [7, 11) is 0. The quantitative estimate of drug-likeness (QED) is 0.298. The Hall–Kier alpha value is -3.34. The van der Waals surface area contributed by atoms with Gasteiger partial charge in [-0.1, -0.05) is 0 Å². The number of morpholine rings is 1. The van der Waals surface area contributed by atoms with Crippen LogP contribution in [-0.2, 0) is 9.53 Å². The minimum Gasteiger partial charge on any atom is -0.491 e. The molecule has 1 amide bonds. The number of ether oxygens (including phenoxy) is 4. The molecule has 0 saturated carbocycles. The second kappa shape index (κ2) is 9.03. The van der Waals surface area contributed by atoms with Crippen LogP contribution in [-0.4, -0.2) is 50.0 Å². The lowest BCUT2D eigenvalue weighted by molar-refractivity contribution is -0.134. The van der Waals surface area contributed by atoms with Crippen LogP contribution in [0.15, 0.2) is 24.3 Å². The number of rotatable bonds is 5. The summed E-state index contributed by atoms with van der Waals surface area (Å²) in [6.45, 7) is 0.688. The highest BCUT2D eigenvalue weighted by Crippen LogP contribution is 2.35. The molecule has 0 bridgehead atoms. The topological polar surface area (TPSA) is 57.2 Å². The highest BCUT2D eigenvalue weighted by atomic mass is 19.2. The predicted molar refractivity (Wildman–Crippen MR) is 99.6 cm³/mol. The van der Waals surface area contributed by atoms with Crippen molar-refractivity contribution in [2.24, 2.45) is 0 Å². The molecule has 0 radical (unpaired) electrons. The van der Waals surface area contributed by atoms with E-state index in [0.29, 0.717) is 23.3 Å². The van der Waals surface area contributed by atoms with Crippen LogP contribution in [0.1, 0.15) is 5.56 Å². The molecule has 1 atom stereocenters. The number of hydrogen-bond acceptors (Lipinski definition) is 5. The molecule has 2 aromatic carbocycles. The molecule has 0 aliphatic carbocycles. The smallest absolute Gasteiger partial charge is 0.246 e. The lowest BCUT2D eigenvalue weighted by atomic mass is 10.1. The van der Waals surface area contributed by atoms with Crippen LogP contribution in [0.2, 0.25) is 0 Å². The molecule has 32 heavy (non-hydrogen) atoms. The van der Waals surface area contributed by atoms with E-state index in [1.807, 2.05) is 0 Å². The molecule has 170 valence electrons. The van der Waals surface area contributed by atoms with Gasteiger partial charge in [-0.25, -0.2) is 22.0 Å². The third-order valence-electron chi connectivity index (χ3n) is 4.87. The largest absolute Gasteiger partial charge is 0.491 e. The fraction of sp³-hybridized carbons (Fsp3) is 0.286. The van der Waals surface area contributed by atoms with E-state index in [-0.39, 0.29) is 33.1 Å². The van der Waals surface area contributed by atoms with E-state index >= 15 is 0 Å². The molecular formula is C21H16F5NO5. The Bertz CT molecular complexity index is 1050. The lowest BCUT2D eigenvalue weighted by Crippen LogP contribution is -2.47. The van der Waals surface area contributed by atoms with Gasteiger partial charge in [0.25, 0.3) is 0 Å². The summed E-state index contributed by atoms with van der Waals surface area (Å²) in [6.07, 6.45) is 0.812. The Kier molecular flexibility index (Phi) is 6.17. The van der Waals surface area contributed by atoms with E-state index in [1.54, 1.807) is 18.2 Å². The highest BCUT2D eigenvalue weighted by molar-refractivity contribution is 5.92. The van der Waals surface area contributed by atoms with Gasteiger partial charge in [0, 0.05) is 18.7 Å². The fourth-order valence-corrected chi connectivity index (χ4v) is 3.20. The maximum atomic E-state index is 13.8. The van der Waals surface area contributed by atoms with Crippen LogP contribution in [0.25, 0.3) is 6.08 Å². The molecule has 2 aliphatic heterocycles. The fourth-order valence-electron chi connectivity index (χ4n) is 3.20. The Balaban J connectivity index is 1.38. The number of carbonyl (C=O) groups is 1. The Morgan fingerprint density at radius 3 is 2.47 bits per heavy atom. The average molecular weight is 457 g/mol. The molecule has 4 rings (SSSR count). The van der Waals surface area contributed by atoms with Crippen molar-refractivity contribution in [3.8, 4) is 17.2 Å². The van der Waals surface area contributed by atoms with Gasteiger partial charge in [-0.15, -0.1) is 0 Å². The number of nitrogens with zero attached hydrogens (tertiary/aromatic N) is 1. The Morgan fingerprint density at radius 2 is 1.72 bits per heavy atom. The van der Waals surface area contributed by atoms with Gasteiger partial charge in [0.2, 0.25) is 18.5 Å². The minimum absolute atomic E-state index is 0.102. The van der Waals surface area contributed by atoms with Crippen LogP contribution in [0.4, 0.5) is 22.0 Å². The predicted octanol–water partition coefficient (Wildman–Crippen LogP) is 3.43. The van der Waals surface area contributed by atoms with Gasteiger partial charge in [0.15, 0.2) is 34.8 Å². The second-order valence-electron chi connectivity index (χ2n) is 6.92. The summed E-state index contributed by atoms with van der Waals surface area (Å²) in [5.74, 6) is -9.47. The van der Waals surface area contributed by atoms with Crippen LogP contribution >= 0.6 is 0 Å². The molecule has 0 N–H and O–H groups in total. The van der Waals surface area contributed by atoms with Gasteiger partial charge < -0.3 is 23.8 Å². The summed E-state index contributed by atoms with van der Waals surface area (Å²) in [4.78, 5) is 13.7. The third-order valence-corrected chi connectivity index (χ3v) is 4.87. The first-order chi connectivity index (χ1) is 15.3. The van der Waals surface area contributed by atoms with Gasteiger partial charge in [0.05, 0.1) is 18.7 Å². The summed E-state index contributed by atoms with van der Waals surface area (Å²) in [5, 5.41) is 0. The van der Waals surface area contributed by atoms with E-state index in [4.69, 9.17) is 18.9 Å². The number of fused-ring (bicyclic) bond motifs is 1. The summed E-state index contributed by atoms with van der Waals surface area (Å²) in [6, 6.07) is 5.03. The maximum Gasteiger partial charge on any atom is 0.246 e. The molecule has 0 aromatic heterocycles. The van der Waals surface area contributed by atoms with Gasteiger partial charge >= 0.3 is 0 Å². The van der Waals surface area contributed by atoms with Crippen LogP contribution in [0.3, 0.4) is 0 Å². The Morgan fingerprint density at radius 1 is 1.03 bits per heavy atom. The third kappa shape index (κ3) is 4.33. The van der Waals surface area contributed by atoms with Gasteiger partial charge in [-0.3, -0.25) is 4.79 Å².